The average molecular weight is 439 g/mol. The van der Waals surface area contributed by atoms with Gasteiger partial charge in [-0.15, -0.1) is 0 Å². The standard InChI is InChI=1S/C24H26N2O4S/c1-16(2)18-5-8-20(9-6-18)25-24(27)19-7-14-23(17(3)15-19)26-31(28,29)22-12-10-21(30-4)11-13-22/h5-16,26H,1-4H3,(H,25,27). The molecule has 0 fully saturated rings. The molecule has 0 aromatic heterocycles. The van der Waals surface area contributed by atoms with Crippen molar-refractivity contribution in [2.75, 3.05) is 17.1 Å². The van der Waals surface area contributed by atoms with Crippen LogP contribution in [0.2, 0.25) is 0 Å². The molecule has 3 aromatic rings. The second-order valence-electron chi connectivity index (χ2n) is 7.54. The third kappa shape index (κ3) is 5.44. The second kappa shape index (κ2) is 9.22. The zero-order valence-corrected chi connectivity index (χ0v) is 18.8. The minimum atomic E-state index is -3.76. The first kappa shape index (κ1) is 22.4. The summed E-state index contributed by atoms with van der Waals surface area (Å²) >= 11 is 0. The number of methoxy groups -OCH3 is 1. The van der Waals surface area contributed by atoms with Crippen molar-refractivity contribution in [1.82, 2.24) is 0 Å². The van der Waals surface area contributed by atoms with Crippen LogP contribution in [0.4, 0.5) is 11.4 Å². The smallest absolute Gasteiger partial charge is 0.261 e. The fourth-order valence-electron chi connectivity index (χ4n) is 3.03. The molecular weight excluding hydrogens is 412 g/mol. The average Bonchev–Trinajstić information content (AvgIpc) is 2.75. The van der Waals surface area contributed by atoms with Gasteiger partial charge < -0.3 is 10.1 Å². The third-order valence-electron chi connectivity index (χ3n) is 4.94. The summed E-state index contributed by atoms with van der Waals surface area (Å²) in [5, 5.41) is 2.87. The van der Waals surface area contributed by atoms with E-state index in [1.54, 1.807) is 37.3 Å². The molecule has 0 spiro atoms. The monoisotopic (exact) mass is 438 g/mol. The van der Waals surface area contributed by atoms with Gasteiger partial charge in [0.25, 0.3) is 15.9 Å². The highest BCUT2D eigenvalue weighted by Crippen LogP contribution is 2.23. The molecule has 0 aliphatic carbocycles. The van der Waals surface area contributed by atoms with Crippen molar-refractivity contribution in [2.24, 2.45) is 0 Å². The summed E-state index contributed by atoms with van der Waals surface area (Å²) in [6, 6.07) is 18.7. The summed E-state index contributed by atoms with van der Waals surface area (Å²) < 4.78 is 32.9. The molecule has 31 heavy (non-hydrogen) atoms. The lowest BCUT2D eigenvalue weighted by Crippen LogP contribution is -2.15. The molecular formula is C24H26N2O4S. The number of aryl methyl sites for hydroxylation is 1. The molecule has 3 rings (SSSR count). The van der Waals surface area contributed by atoms with Crippen LogP contribution >= 0.6 is 0 Å². The maximum absolute atomic E-state index is 12.7. The SMILES string of the molecule is COc1ccc(S(=O)(=O)Nc2ccc(C(=O)Nc3ccc(C(C)C)cc3)cc2C)cc1. The predicted octanol–water partition coefficient (Wildman–Crippen LogP) is 5.18. The summed E-state index contributed by atoms with van der Waals surface area (Å²) in [5.41, 5.74) is 3.39. The van der Waals surface area contributed by atoms with Gasteiger partial charge in [-0.3, -0.25) is 9.52 Å². The quantitative estimate of drug-likeness (QED) is 0.532. The van der Waals surface area contributed by atoms with Crippen molar-refractivity contribution < 1.29 is 17.9 Å². The molecule has 0 unspecified atom stereocenters. The van der Waals surface area contributed by atoms with Crippen LogP contribution in [0, 0.1) is 6.92 Å². The lowest BCUT2D eigenvalue weighted by atomic mass is 10.0. The van der Waals surface area contributed by atoms with Crippen molar-refractivity contribution in [2.45, 2.75) is 31.6 Å². The number of hydrogen-bond donors (Lipinski definition) is 2. The number of nitrogens with one attached hydrogen (secondary N) is 2. The topological polar surface area (TPSA) is 84.5 Å². The van der Waals surface area contributed by atoms with E-state index in [4.69, 9.17) is 4.74 Å². The first-order valence-corrected chi connectivity index (χ1v) is 11.4. The zero-order chi connectivity index (χ0) is 22.6. The number of carbonyl (C=O) groups excluding carboxylic acids is 1. The predicted molar refractivity (Wildman–Crippen MR) is 123 cm³/mol. The van der Waals surface area contributed by atoms with E-state index in [0.717, 1.165) is 0 Å². The Morgan fingerprint density at radius 2 is 1.58 bits per heavy atom. The number of ether oxygens (including phenoxy) is 1. The normalized spacial score (nSPS) is 11.3. The first-order chi connectivity index (χ1) is 14.7. The Kier molecular flexibility index (Phi) is 6.65. The van der Waals surface area contributed by atoms with Crippen LogP contribution in [0.25, 0.3) is 0 Å². The van der Waals surface area contributed by atoms with Gasteiger partial charge in [0.1, 0.15) is 5.75 Å². The number of carbonyl (C=O) groups is 1. The lowest BCUT2D eigenvalue weighted by Gasteiger charge is -2.13. The van der Waals surface area contributed by atoms with Crippen molar-refractivity contribution in [3.63, 3.8) is 0 Å². The molecule has 0 saturated carbocycles. The minimum absolute atomic E-state index is 0.124. The molecule has 7 heteroatoms. The van der Waals surface area contributed by atoms with Crippen LogP contribution in [0.15, 0.2) is 71.6 Å². The third-order valence-corrected chi connectivity index (χ3v) is 6.32. The van der Waals surface area contributed by atoms with E-state index in [0.29, 0.717) is 34.2 Å². The molecule has 1 amide bonds. The van der Waals surface area contributed by atoms with E-state index in [1.807, 2.05) is 24.3 Å². The van der Waals surface area contributed by atoms with Gasteiger partial charge in [0.2, 0.25) is 0 Å². The van der Waals surface area contributed by atoms with Gasteiger partial charge in [-0.25, -0.2) is 8.42 Å². The second-order valence-corrected chi connectivity index (χ2v) is 9.22. The summed E-state index contributed by atoms with van der Waals surface area (Å²) in [6.07, 6.45) is 0. The summed E-state index contributed by atoms with van der Waals surface area (Å²) in [6.45, 7) is 5.97. The van der Waals surface area contributed by atoms with Crippen LogP contribution in [0.1, 0.15) is 41.3 Å². The lowest BCUT2D eigenvalue weighted by molar-refractivity contribution is 0.102. The fraction of sp³-hybridized carbons (Fsp3) is 0.208. The van der Waals surface area contributed by atoms with Gasteiger partial charge in [0.15, 0.2) is 0 Å². The molecule has 0 saturated heterocycles. The summed E-state index contributed by atoms with van der Waals surface area (Å²) in [7, 11) is -2.24. The van der Waals surface area contributed by atoms with Gasteiger partial charge >= 0.3 is 0 Å². The highest BCUT2D eigenvalue weighted by molar-refractivity contribution is 7.92. The summed E-state index contributed by atoms with van der Waals surface area (Å²) in [4.78, 5) is 12.7. The molecule has 3 aromatic carbocycles. The Bertz CT molecular complexity index is 1170. The van der Waals surface area contributed by atoms with Crippen LogP contribution in [-0.2, 0) is 10.0 Å². The van der Waals surface area contributed by atoms with E-state index in [1.165, 1.54) is 24.8 Å². The van der Waals surface area contributed by atoms with Crippen LogP contribution in [-0.4, -0.2) is 21.4 Å². The van der Waals surface area contributed by atoms with Gasteiger partial charge in [0, 0.05) is 11.3 Å². The molecule has 162 valence electrons. The van der Waals surface area contributed by atoms with E-state index in [9.17, 15) is 13.2 Å². The zero-order valence-electron chi connectivity index (χ0n) is 18.0. The maximum atomic E-state index is 12.7. The van der Waals surface area contributed by atoms with Crippen molar-refractivity contribution in [1.29, 1.82) is 0 Å². The molecule has 2 N–H and O–H groups in total. The number of rotatable bonds is 7. The molecule has 0 aliphatic rings. The number of sulfonamides is 1. The molecule has 0 radical (unpaired) electrons. The van der Waals surface area contributed by atoms with Crippen molar-refractivity contribution in [3.8, 4) is 5.75 Å². The Balaban J connectivity index is 1.73. The van der Waals surface area contributed by atoms with Crippen LogP contribution in [0.3, 0.4) is 0 Å². The van der Waals surface area contributed by atoms with Crippen molar-refractivity contribution in [3.05, 3.63) is 83.4 Å². The van der Waals surface area contributed by atoms with Gasteiger partial charge in [-0.2, -0.15) is 0 Å². The molecule has 6 nitrogen and oxygen atoms in total. The number of benzene rings is 3. The van der Waals surface area contributed by atoms with Crippen LogP contribution < -0.4 is 14.8 Å². The maximum Gasteiger partial charge on any atom is 0.261 e. The van der Waals surface area contributed by atoms with Gasteiger partial charge in [-0.1, -0.05) is 26.0 Å². The number of hydrogen-bond acceptors (Lipinski definition) is 4. The van der Waals surface area contributed by atoms with Crippen molar-refractivity contribution >= 4 is 27.3 Å². The van der Waals surface area contributed by atoms with Crippen LogP contribution in [0.5, 0.6) is 5.75 Å². The molecule has 0 bridgehead atoms. The fourth-order valence-corrected chi connectivity index (χ4v) is 4.16. The Hall–Kier alpha value is -3.32. The number of anilines is 2. The Morgan fingerprint density at radius 1 is 0.935 bits per heavy atom. The minimum Gasteiger partial charge on any atom is -0.497 e. The highest BCUT2D eigenvalue weighted by Gasteiger charge is 2.16. The molecule has 0 atom stereocenters. The molecule has 0 aliphatic heterocycles. The van der Waals surface area contributed by atoms with Gasteiger partial charge in [-0.05, 0) is 78.6 Å². The van der Waals surface area contributed by atoms with E-state index in [2.05, 4.69) is 23.9 Å². The van der Waals surface area contributed by atoms with Gasteiger partial charge in [0.05, 0.1) is 17.7 Å². The summed E-state index contributed by atoms with van der Waals surface area (Å²) in [5.74, 6) is 0.732. The largest absolute Gasteiger partial charge is 0.497 e. The van der Waals surface area contributed by atoms with E-state index >= 15 is 0 Å². The van der Waals surface area contributed by atoms with E-state index in [-0.39, 0.29) is 10.8 Å². The Morgan fingerprint density at radius 3 is 2.13 bits per heavy atom. The highest BCUT2D eigenvalue weighted by atomic mass is 32.2. The number of amides is 1. The Labute approximate surface area is 183 Å². The first-order valence-electron chi connectivity index (χ1n) is 9.88. The molecule has 0 heterocycles. The van der Waals surface area contributed by atoms with E-state index < -0.39 is 10.0 Å².